The number of halogens is 1. The summed E-state index contributed by atoms with van der Waals surface area (Å²) in [6.07, 6.45) is 2.84. The first-order chi connectivity index (χ1) is 11.1. The summed E-state index contributed by atoms with van der Waals surface area (Å²) in [4.78, 5) is 23.1. The van der Waals surface area contributed by atoms with Gasteiger partial charge in [-0.05, 0) is 29.8 Å². The molecule has 0 fully saturated rings. The quantitative estimate of drug-likeness (QED) is 0.609. The van der Waals surface area contributed by atoms with E-state index < -0.39 is 17.8 Å². The van der Waals surface area contributed by atoms with Gasteiger partial charge in [0.25, 0.3) is 0 Å². The normalized spacial score (nSPS) is 12.0. The number of carboxylic acid groups (broad SMARTS) is 1. The molecule has 1 atom stereocenters. The monoisotopic (exact) mass is 313 g/mol. The van der Waals surface area contributed by atoms with Gasteiger partial charge in [-0.1, -0.05) is 30.3 Å². The number of carboxylic acids is 1. The maximum atomic E-state index is 12.8. The van der Waals surface area contributed by atoms with Crippen molar-refractivity contribution >= 4 is 11.8 Å². The van der Waals surface area contributed by atoms with E-state index in [1.807, 2.05) is 30.3 Å². The summed E-state index contributed by atoms with van der Waals surface area (Å²) in [6.45, 7) is 0. The minimum atomic E-state index is -1.01. The van der Waals surface area contributed by atoms with E-state index in [2.05, 4.69) is 5.32 Å². The van der Waals surface area contributed by atoms with Crippen LogP contribution in [0.4, 0.5) is 4.39 Å². The van der Waals surface area contributed by atoms with Crippen LogP contribution in [0.1, 0.15) is 15.9 Å². The van der Waals surface area contributed by atoms with Gasteiger partial charge in [-0.2, -0.15) is 0 Å². The van der Waals surface area contributed by atoms with Gasteiger partial charge in [0.05, 0.1) is 0 Å². The summed E-state index contributed by atoms with van der Waals surface area (Å²) in [6, 6.07) is 13.5. The van der Waals surface area contributed by atoms with Gasteiger partial charge in [-0.3, -0.25) is 4.79 Å². The summed E-state index contributed by atoms with van der Waals surface area (Å²) in [7, 11) is 0. The zero-order valence-electron chi connectivity index (χ0n) is 12.3. The molecule has 0 aromatic heterocycles. The number of nitrogens with one attached hydrogen (secondary N) is 1. The number of allylic oxidation sites excluding steroid dienone is 1. The molecule has 0 aliphatic heterocycles. The van der Waals surface area contributed by atoms with Gasteiger partial charge < -0.3 is 10.4 Å². The summed E-state index contributed by atoms with van der Waals surface area (Å²) >= 11 is 0. The van der Waals surface area contributed by atoms with Crippen LogP contribution >= 0.6 is 0 Å². The Hall–Kier alpha value is -2.95. The number of carbonyl (C=O) groups excluding carboxylic acids is 1. The second kappa shape index (κ2) is 7.89. The third-order valence-corrected chi connectivity index (χ3v) is 3.24. The average Bonchev–Trinajstić information content (AvgIpc) is 2.55. The van der Waals surface area contributed by atoms with Crippen LogP contribution in [-0.4, -0.2) is 22.9 Å². The van der Waals surface area contributed by atoms with Gasteiger partial charge >= 0.3 is 5.97 Å². The number of hydrogen-bond donors (Lipinski definition) is 2. The highest BCUT2D eigenvalue weighted by Gasteiger charge is 2.15. The van der Waals surface area contributed by atoms with Gasteiger partial charge in [-0.25, -0.2) is 9.18 Å². The SMILES string of the molecule is O=C(/C=C\N[C@@H](Cc1ccccc1)C(=O)O)c1ccc(F)cc1. The number of benzene rings is 2. The van der Waals surface area contributed by atoms with E-state index in [1.165, 1.54) is 36.5 Å². The van der Waals surface area contributed by atoms with Crippen molar-refractivity contribution in [2.75, 3.05) is 0 Å². The van der Waals surface area contributed by atoms with Gasteiger partial charge in [-0.15, -0.1) is 0 Å². The zero-order chi connectivity index (χ0) is 16.7. The lowest BCUT2D eigenvalue weighted by atomic mass is 10.1. The Labute approximate surface area is 133 Å². The highest BCUT2D eigenvalue weighted by atomic mass is 19.1. The molecule has 0 aliphatic carbocycles. The Morgan fingerprint density at radius 1 is 1.09 bits per heavy atom. The van der Waals surface area contributed by atoms with Crippen molar-refractivity contribution < 1.29 is 19.1 Å². The van der Waals surface area contributed by atoms with Gasteiger partial charge in [0.2, 0.25) is 0 Å². The Morgan fingerprint density at radius 3 is 2.35 bits per heavy atom. The third-order valence-electron chi connectivity index (χ3n) is 3.24. The molecule has 23 heavy (non-hydrogen) atoms. The molecule has 2 aromatic rings. The highest BCUT2D eigenvalue weighted by Crippen LogP contribution is 2.05. The molecule has 0 aliphatic rings. The van der Waals surface area contributed by atoms with Crippen LogP contribution in [0.5, 0.6) is 0 Å². The lowest BCUT2D eigenvalue weighted by Gasteiger charge is -2.12. The number of ketones is 1. The summed E-state index contributed by atoms with van der Waals surface area (Å²) in [5.41, 5.74) is 1.21. The second-order valence-corrected chi connectivity index (χ2v) is 4.95. The molecule has 0 saturated heterocycles. The van der Waals surface area contributed by atoms with E-state index >= 15 is 0 Å². The van der Waals surface area contributed by atoms with Crippen LogP contribution in [0.15, 0.2) is 66.9 Å². The van der Waals surface area contributed by atoms with Crippen molar-refractivity contribution in [1.29, 1.82) is 0 Å². The fourth-order valence-corrected chi connectivity index (χ4v) is 2.02. The average molecular weight is 313 g/mol. The second-order valence-electron chi connectivity index (χ2n) is 4.95. The van der Waals surface area contributed by atoms with E-state index in [1.54, 1.807) is 0 Å². The Balaban J connectivity index is 1.96. The predicted molar refractivity (Wildman–Crippen MR) is 84.6 cm³/mol. The van der Waals surface area contributed by atoms with Crippen LogP contribution < -0.4 is 5.32 Å². The maximum absolute atomic E-state index is 12.8. The minimum absolute atomic E-state index is 0.297. The highest BCUT2D eigenvalue weighted by molar-refractivity contribution is 6.04. The molecule has 0 amide bonds. The van der Waals surface area contributed by atoms with Gasteiger partial charge in [0, 0.05) is 24.3 Å². The van der Waals surface area contributed by atoms with Crippen LogP contribution in [0, 0.1) is 5.82 Å². The van der Waals surface area contributed by atoms with Crippen molar-refractivity contribution in [3.63, 3.8) is 0 Å². The van der Waals surface area contributed by atoms with Crippen molar-refractivity contribution in [2.24, 2.45) is 0 Å². The Bertz CT molecular complexity index is 696. The summed E-state index contributed by atoms with van der Waals surface area (Å²) in [5, 5.41) is 11.9. The molecule has 5 heteroatoms. The van der Waals surface area contributed by atoms with Crippen LogP contribution in [0.2, 0.25) is 0 Å². The van der Waals surface area contributed by atoms with Gasteiger partial charge in [0.1, 0.15) is 11.9 Å². The molecule has 0 unspecified atom stereocenters. The van der Waals surface area contributed by atoms with Gasteiger partial charge in [0.15, 0.2) is 5.78 Å². The number of aliphatic carboxylic acids is 1. The van der Waals surface area contributed by atoms with Crippen molar-refractivity contribution in [3.05, 3.63) is 83.8 Å². The van der Waals surface area contributed by atoms with Crippen LogP contribution in [0.3, 0.4) is 0 Å². The van der Waals surface area contributed by atoms with E-state index in [9.17, 15) is 19.1 Å². The number of carbonyl (C=O) groups is 2. The third kappa shape index (κ3) is 5.07. The van der Waals surface area contributed by atoms with E-state index in [0.29, 0.717) is 12.0 Å². The van der Waals surface area contributed by atoms with E-state index in [4.69, 9.17) is 0 Å². The standard InChI is InChI=1S/C18H16FNO3/c19-15-8-6-14(7-9-15)17(21)10-11-20-16(18(22)23)12-13-4-2-1-3-5-13/h1-11,16,20H,12H2,(H,22,23)/b11-10-/t16-/m0/s1. The summed E-state index contributed by atoms with van der Waals surface area (Å²) < 4.78 is 12.8. The first kappa shape index (κ1) is 16.4. The fraction of sp³-hybridized carbons (Fsp3) is 0.111. The molecule has 2 aromatic carbocycles. The van der Waals surface area contributed by atoms with E-state index in [-0.39, 0.29) is 5.78 Å². The topological polar surface area (TPSA) is 66.4 Å². The molecule has 2 rings (SSSR count). The van der Waals surface area contributed by atoms with Crippen molar-refractivity contribution in [2.45, 2.75) is 12.5 Å². The molecule has 0 bridgehead atoms. The van der Waals surface area contributed by atoms with Crippen molar-refractivity contribution in [3.8, 4) is 0 Å². The summed E-state index contributed by atoms with van der Waals surface area (Å²) in [5.74, 6) is -1.76. The lowest BCUT2D eigenvalue weighted by Crippen LogP contribution is -2.35. The first-order valence-corrected chi connectivity index (χ1v) is 7.05. The predicted octanol–water partition coefficient (Wildman–Crippen LogP) is 2.81. The molecule has 118 valence electrons. The Morgan fingerprint density at radius 2 is 1.74 bits per heavy atom. The Kier molecular flexibility index (Phi) is 5.63. The number of rotatable bonds is 7. The molecule has 4 nitrogen and oxygen atoms in total. The zero-order valence-corrected chi connectivity index (χ0v) is 12.3. The maximum Gasteiger partial charge on any atom is 0.326 e. The molecular formula is C18H16FNO3. The van der Waals surface area contributed by atoms with Crippen LogP contribution in [-0.2, 0) is 11.2 Å². The van der Waals surface area contributed by atoms with Crippen LogP contribution in [0.25, 0.3) is 0 Å². The molecule has 0 spiro atoms. The fourth-order valence-electron chi connectivity index (χ4n) is 2.02. The van der Waals surface area contributed by atoms with Crippen molar-refractivity contribution in [1.82, 2.24) is 5.32 Å². The largest absolute Gasteiger partial charge is 0.480 e. The first-order valence-electron chi connectivity index (χ1n) is 7.05. The van der Waals surface area contributed by atoms with E-state index in [0.717, 1.165) is 5.56 Å². The minimum Gasteiger partial charge on any atom is -0.480 e. The number of hydrogen-bond acceptors (Lipinski definition) is 3. The molecular weight excluding hydrogens is 297 g/mol. The molecule has 2 N–H and O–H groups in total. The molecule has 0 saturated carbocycles. The molecule has 0 heterocycles. The smallest absolute Gasteiger partial charge is 0.326 e. The lowest BCUT2D eigenvalue weighted by molar-refractivity contribution is -0.139. The molecule has 0 radical (unpaired) electrons.